The fourth-order valence-electron chi connectivity index (χ4n) is 2.22. The van der Waals surface area contributed by atoms with Crippen molar-refractivity contribution < 1.29 is 15.0 Å². The number of hydrogen-bond acceptors (Lipinski definition) is 5. The molecule has 0 aromatic heterocycles. The molecule has 6 heteroatoms. The number of amides is 1. The molecule has 0 aromatic rings. The lowest BCUT2D eigenvalue weighted by molar-refractivity contribution is -0.127. The van der Waals surface area contributed by atoms with Crippen LogP contribution >= 0.6 is 11.8 Å². The van der Waals surface area contributed by atoms with Crippen LogP contribution in [0.3, 0.4) is 0 Å². The van der Waals surface area contributed by atoms with E-state index < -0.39 is 12.2 Å². The third-order valence-electron chi connectivity index (χ3n) is 3.34. The molecule has 0 aliphatic carbocycles. The molecule has 2 unspecified atom stereocenters. The van der Waals surface area contributed by atoms with E-state index in [0.29, 0.717) is 11.0 Å². The zero-order valence-corrected chi connectivity index (χ0v) is 10.7. The van der Waals surface area contributed by atoms with Gasteiger partial charge in [0.25, 0.3) is 0 Å². The molecule has 2 heterocycles. The molecule has 0 spiro atoms. The van der Waals surface area contributed by atoms with Crippen LogP contribution in [-0.2, 0) is 4.79 Å². The number of likely N-dealkylation sites (tertiary alicyclic amines) is 1. The zero-order valence-electron chi connectivity index (χ0n) is 9.84. The second kappa shape index (κ2) is 6.04. The molecular formula is C11H20N2O3S. The third kappa shape index (κ3) is 3.58. The molecule has 5 nitrogen and oxygen atoms in total. The number of carbonyl (C=O) groups is 1. The second-order valence-corrected chi connectivity index (χ2v) is 5.98. The van der Waals surface area contributed by atoms with Crippen LogP contribution in [0.25, 0.3) is 0 Å². The Morgan fingerprint density at radius 1 is 1.24 bits per heavy atom. The smallest absolute Gasteiger partial charge is 0.232 e. The maximum atomic E-state index is 11.8. The van der Waals surface area contributed by atoms with Crippen LogP contribution in [0.4, 0.5) is 0 Å². The van der Waals surface area contributed by atoms with Crippen molar-refractivity contribution in [2.24, 2.45) is 0 Å². The maximum absolute atomic E-state index is 11.8. The molecule has 17 heavy (non-hydrogen) atoms. The van der Waals surface area contributed by atoms with E-state index in [1.54, 1.807) is 16.7 Å². The van der Waals surface area contributed by atoms with Crippen LogP contribution in [0.2, 0.25) is 0 Å². The van der Waals surface area contributed by atoms with E-state index in [4.69, 9.17) is 0 Å². The molecule has 0 aromatic carbocycles. The fourth-order valence-corrected chi connectivity index (χ4v) is 3.35. The van der Waals surface area contributed by atoms with Crippen molar-refractivity contribution in [3.63, 3.8) is 0 Å². The molecule has 2 saturated heterocycles. The summed E-state index contributed by atoms with van der Waals surface area (Å²) in [6.07, 6.45) is 0.678. The van der Waals surface area contributed by atoms with Crippen molar-refractivity contribution >= 4 is 17.7 Å². The minimum Gasteiger partial charge on any atom is -0.388 e. The van der Waals surface area contributed by atoms with E-state index in [1.807, 2.05) is 0 Å². The van der Waals surface area contributed by atoms with Gasteiger partial charge in [0, 0.05) is 18.3 Å². The Kier molecular flexibility index (Phi) is 4.67. The Balaban J connectivity index is 1.70. The van der Waals surface area contributed by atoms with Crippen molar-refractivity contribution in [1.82, 2.24) is 10.2 Å². The Morgan fingerprint density at radius 3 is 2.41 bits per heavy atom. The van der Waals surface area contributed by atoms with Crippen LogP contribution < -0.4 is 5.32 Å². The molecule has 0 bridgehead atoms. The van der Waals surface area contributed by atoms with E-state index in [1.165, 1.54) is 0 Å². The Hall–Kier alpha value is -0.300. The summed E-state index contributed by atoms with van der Waals surface area (Å²) in [4.78, 5) is 13.4. The van der Waals surface area contributed by atoms with Crippen molar-refractivity contribution in [1.29, 1.82) is 0 Å². The topological polar surface area (TPSA) is 72.8 Å². The normalized spacial score (nSPS) is 30.8. The molecule has 2 fully saturated rings. The standard InChI is InChI=1S/C11H20N2O3S/c14-9-5-13(6-10(9)15)11(16)7-17-8-1-3-12-4-2-8/h8-10,12,14-15H,1-7H2. The number of hydrogen-bond donors (Lipinski definition) is 3. The van der Waals surface area contributed by atoms with Crippen molar-refractivity contribution in [3.05, 3.63) is 0 Å². The minimum absolute atomic E-state index is 0.0316. The number of thioether (sulfide) groups is 1. The third-order valence-corrected chi connectivity index (χ3v) is 4.70. The molecule has 3 N–H and O–H groups in total. The molecule has 2 aliphatic heterocycles. The Bertz CT molecular complexity index is 261. The quantitative estimate of drug-likeness (QED) is 0.609. The van der Waals surface area contributed by atoms with E-state index in [2.05, 4.69) is 5.32 Å². The number of carbonyl (C=O) groups excluding carboxylic acids is 1. The van der Waals surface area contributed by atoms with Gasteiger partial charge in [0.2, 0.25) is 5.91 Å². The Labute approximate surface area is 106 Å². The largest absolute Gasteiger partial charge is 0.388 e. The average Bonchev–Trinajstić information content (AvgIpc) is 2.68. The van der Waals surface area contributed by atoms with Gasteiger partial charge >= 0.3 is 0 Å². The predicted molar refractivity (Wildman–Crippen MR) is 66.9 cm³/mol. The summed E-state index contributed by atoms with van der Waals surface area (Å²) in [6.45, 7) is 2.61. The molecule has 0 saturated carbocycles. The molecular weight excluding hydrogens is 240 g/mol. The van der Waals surface area contributed by atoms with Crippen molar-refractivity contribution in [2.75, 3.05) is 31.9 Å². The van der Waals surface area contributed by atoms with Gasteiger partial charge in [-0.3, -0.25) is 4.79 Å². The van der Waals surface area contributed by atoms with Crippen molar-refractivity contribution in [2.45, 2.75) is 30.3 Å². The van der Waals surface area contributed by atoms with Gasteiger partial charge in [-0.2, -0.15) is 0 Å². The number of piperidine rings is 1. The Morgan fingerprint density at radius 2 is 1.82 bits per heavy atom. The zero-order chi connectivity index (χ0) is 12.3. The first kappa shape index (κ1) is 13.1. The molecule has 2 rings (SSSR count). The van der Waals surface area contributed by atoms with E-state index >= 15 is 0 Å². The SMILES string of the molecule is O=C(CSC1CCNCC1)N1CC(O)C(O)C1. The molecule has 2 aliphatic rings. The average molecular weight is 260 g/mol. The summed E-state index contributed by atoms with van der Waals surface area (Å²) >= 11 is 1.70. The van der Waals surface area contributed by atoms with Crippen molar-refractivity contribution in [3.8, 4) is 0 Å². The summed E-state index contributed by atoms with van der Waals surface area (Å²) in [5, 5.41) is 22.6. The van der Waals surface area contributed by atoms with Gasteiger partial charge in [0.15, 0.2) is 0 Å². The van der Waals surface area contributed by atoms with Gasteiger partial charge in [-0.25, -0.2) is 0 Å². The van der Waals surface area contributed by atoms with Gasteiger partial charge < -0.3 is 20.4 Å². The van der Waals surface area contributed by atoms with Crippen LogP contribution in [0.1, 0.15) is 12.8 Å². The summed E-state index contributed by atoms with van der Waals surface area (Å²) < 4.78 is 0. The highest BCUT2D eigenvalue weighted by atomic mass is 32.2. The lowest BCUT2D eigenvalue weighted by Gasteiger charge is -2.23. The lowest BCUT2D eigenvalue weighted by Crippen LogP contribution is -2.33. The number of nitrogens with zero attached hydrogens (tertiary/aromatic N) is 1. The fraction of sp³-hybridized carbons (Fsp3) is 0.909. The van der Waals surface area contributed by atoms with Gasteiger partial charge in [0.1, 0.15) is 0 Å². The number of aliphatic hydroxyl groups excluding tert-OH is 2. The van der Waals surface area contributed by atoms with E-state index in [-0.39, 0.29) is 19.0 Å². The predicted octanol–water partition coefficient (Wildman–Crippen LogP) is -0.964. The highest BCUT2D eigenvalue weighted by Crippen LogP contribution is 2.21. The first-order chi connectivity index (χ1) is 8.16. The van der Waals surface area contributed by atoms with Crippen LogP contribution in [0.15, 0.2) is 0 Å². The molecule has 0 radical (unpaired) electrons. The number of β-amino-alcohol motifs (C(OH)–C–C–N with tert-alkyl or cyclic N) is 2. The maximum Gasteiger partial charge on any atom is 0.232 e. The molecule has 98 valence electrons. The number of nitrogens with one attached hydrogen (secondary N) is 1. The van der Waals surface area contributed by atoms with E-state index in [0.717, 1.165) is 25.9 Å². The van der Waals surface area contributed by atoms with Gasteiger partial charge in [0.05, 0.1) is 18.0 Å². The number of aliphatic hydroxyl groups is 2. The van der Waals surface area contributed by atoms with Crippen LogP contribution in [0.5, 0.6) is 0 Å². The molecule has 1 amide bonds. The lowest BCUT2D eigenvalue weighted by atomic mass is 10.2. The van der Waals surface area contributed by atoms with E-state index in [9.17, 15) is 15.0 Å². The highest BCUT2D eigenvalue weighted by Gasteiger charge is 2.32. The monoisotopic (exact) mass is 260 g/mol. The van der Waals surface area contributed by atoms with Gasteiger partial charge in [-0.15, -0.1) is 11.8 Å². The van der Waals surface area contributed by atoms with Crippen LogP contribution in [0, 0.1) is 0 Å². The minimum atomic E-state index is -0.775. The summed E-state index contributed by atoms with van der Waals surface area (Å²) in [5.41, 5.74) is 0. The summed E-state index contributed by atoms with van der Waals surface area (Å²) in [7, 11) is 0. The first-order valence-corrected chi connectivity index (χ1v) is 7.18. The summed E-state index contributed by atoms with van der Waals surface area (Å²) in [6, 6.07) is 0. The van der Waals surface area contributed by atoms with Gasteiger partial charge in [-0.1, -0.05) is 0 Å². The van der Waals surface area contributed by atoms with Crippen LogP contribution in [-0.4, -0.2) is 70.4 Å². The number of rotatable bonds is 3. The molecule has 2 atom stereocenters. The second-order valence-electron chi connectivity index (χ2n) is 4.69. The highest BCUT2D eigenvalue weighted by molar-refractivity contribution is 8.00. The van der Waals surface area contributed by atoms with Gasteiger partial charge in [-0.05, 0) is 25.9 Å². The first-order valence-electron chi connectivity index (χ1n) is 6.13. The summed E-state index contributed by atoms with van der Waals surface area (Å²) in [5.74, 6) is 0.494.